The molecule has 0 saturated carbocycles. The molecule has 19 nitrogen and oxygen atoms in total. The van der Waals surface area contributed by atoms with Crippen molar-refractivity contribution >= 4 is 85.8 Å². The first-order valence-corrected chi connectivity index (χ1v) is 23.6. The molecule has 340 valence electrons. The number of hydrogen-bond donors (Lipinski definition) is 5. The van der Waals surface area contributed by atoms with Crippen LogP contribution in [0.2, 0.25) is 0 Å². The lowest BCUT2D eigenvalue weighted by molar-refractivity contribution is -0.150. The third kappa shape index (κ3) is 13.0. The smallest absolute Gasteiger partial charge is 0.414 e. The second-order valence-electron chi connectivity index (χ2n) is 14.9. The summed E-state index contributed by atoms with van der Waals surface area (Å²) >= 11 is 2.58. The number of thiophene rings is 2. The molecular formula is C42H47N7O12S3. The van der Waals surface area contributed by atoms with E-state index in [-0.39, 0.29) is 55.1 Å². The van der Waals surface area contributed by atoms with Gasteiger partial charge in [-0.25, -0.2) is 9.59 Å². The molecule has 22 heteroatoms. The Morgan fingerprint density at radius 3 is 1.70 bits per heavy atom. The number of likely N-dealkylation sites (tertiary alicyclic amines) is 1. The van der Waals surface area contributed by atoms with Gasteiger partial charge in [0.15, 0.2) is 0 Å². The van der Waals surface area contributed by atoms with Crippen LogP contribution < -0.4 is 20.4 Å². The van der Waals surface area contributed by atoms with Gasteiger partial charge in [0.1, 0.15) is 30.5 Å². The van der Waals surface area contributed by atoms with E-state index in [1.807, 2.05) is 0 Å². The molecule has 0 aliphatic carbocycles. The Hall–Kier alpha value is -6.04. The number of piperidine rings is 1. The van der Waals surface area contributed by atoms with Crippen molar-refractivity contribution in [2.75, 3.05) is 62.0 Å². The molecule has 2 aromatic carbocycles. The van der Waals surface area contributed by atoms with Crippen molar-refractivity contribution in [2.24, 2.45) is 0 Å². The van der Waals surface area contributed by atoms with Crippen molar-refractivity contribution in [2.45, 2.75) is 44.0 Å². The summed E-state index contributed by atoms with van der Waals surface area (Å²) < 4.78 is 42.4. The number of nitrogens with zero attached hydrogens (tertiary/aromatic N) is 3. The molecule has 2 atom stereocenters. The summed E-state index contributed by atoms with van der Waals surface area (Å²) in [4.78, 5) is 66.5. The first-order chi connectivity index (χ1) is 30.5. The fraction of sp³-hybridized carbons (Fsp3) is 0.357. The van der Waals surface area contributed by atoms with Gasteiger partial charge in [-0.1, -0.05) is 12.1 Å². The average Bonchev–Trinajstić information content (AvgIpc) is 4.10. The highest BCUT2D eigenvalue weighted by Crippen LogP contribution is 2.29. The lowest BCUT2D eigenvalue weighted by Gasteiger charge is -2.38. The Kier molecular flexibility index (Phi) is 15.6. The molecule has 2 aromatic heterocycles. The summed E-state index contributed by atoms with van der Waals surface area (Å²) in [6.45, 7) is 4.03. The summed E-state index contributed by atoms with van der Waals surface area (Å²) in [5, 5.41) is 35.5. The Morgan fingerprint density at radius 1 is 0.797 bits per heavy atom. The van der Waals surface area contributed by atoms with Gasteiger partial charge in [0, 0.05) is 42.1 Å². The van der Waals surface area contributed by atoms with Crippen LogP contribution in [0.4, 0.5) is 21.0 Å². The SMILES string of the molecule is CCOC(=O)CC1(O)CCN(CC2CN(c3ccc(C(=N)NC(=O)c4cccs4)cc3)C(=O)O2)CC1.CS(=O)(=O)OCC1CN(c2ccc(C(=N)NC(=O)c3cccs3)cc2)C(=O)O1. The number of amidine groups is 2. The van der Waals surface area contributed by atoms with Crippen molar-refractivity contribution in [3.8, 4) is 0 Å². The lowest BCUT2D eigenvalue weighted by atomic mass is 9.88. The van der Waals surface area contributed by atoms with Crippen LogP contribution in [0.3, 0.4) is 0 Å². The zero-order valence-electron chi connectivity index (χ0n) is 34.8. The average molecular weight is 938 g/mol. The lowest BCUT2D eigenvalue weighted by Crippen LogP contribution is -2.48. The number of carbonyl (C=O) groups excluding carboxylic acids is 5. The quantitative estimate of drug-likeness (QED) is 0.0387. The fourth-order valence-corrected chi connectivity index (χ4v) is 8.51. The first-order valence-electron chi connectivity index (χ1n) is 20.0. The minimum absolute atomic E-state index is 0.00789. The van der Waals surface area contributed by atoms with Gasteiger partial charge < -0.3 is 30.0 Å². The number of anilines is 2. The maximum atomic E-state index is 12.5. The highest BCUT2D eigenvalue weighted by Gasteiger charge is 2.38. The molecule has 3 saturated heterocycles. The number of amides is 4. The molecule has 64 heavy (non-hydrogen) atoms. The highest BCUT2D eigenvalue weighted by molar-refractivity contribution is 7.86. The van der Waals surface area contributed by atoms with Crippen LogP contribution in [0.5, 0.6) is 0 Å². The highest BCUT2D eigenvalue weighted by atomic mass is 32.2. The monoisotopic (exact) mass is 937 g/mol. The van der Waals surface area contributed by atoms with Crippen molar-refractivity contribution in [3.05, 3.63) is 104 Å². The van der Waals surface area contributed by atoms with Gasteiger partial charge in [0.2, 0.25) is 0 Å². The molecule has 3 aliphatic rings. The summed E-state index contributed by atoms with van der Waals surface area (Å²) in [5.74, 6) is -1.16. The van der Waals surface area contributed by atoms with E-state index in [0.29, 0.717) is 77.9 Å². The van der Waals surface area contributed by atoms with E-state index in [1.54, 1.807) is 95.4 Å². The van der Waals surface area contributed by atoms with Crippen LogP contribution in [0.25, 0.3) is 0 Å². The summed E-state index contributed by atoms with van der Waals surface area (Å²) in [6, 6.07) is 20.1. The normalized spacial score (nSPS) is 18.3. The van der Waals surface area contributed by atoms with Crippen LogP contribution in [0.1, 0.15) is 56.7 Å². The number of rotatable bonds is 14. The molecule has 3 aliphatic heterocycles. The largest absolute Gasteiger partial charge is 0.466 e. The fourth-order valence-electron chi connectivity index (χ4n) is 6.87. The standard InChI is InChI=1S/C25H30N4O6S.C17H17N3O6S2/c1-2-34-21(30)14-25(33)9-11-28(12-10-25)15-19-16-29(24(32)35-19)18-7-5-17(6-8-18)22(26)27-23(31)20-4-3-13-36-20;1-28(23,24)25-10-13-9-20(17(22)26-13)12-6-4-11(5-7-12)15(18)19-16(21)14-3-2-8-27-14/h3-8,13,19,33H,2,9-12,14-16H2,1H3,(H2,26,27,31);2-8,13H,9-10H2,1H3,(H2,18,19,21). The predicted octanol–water partition coefficient (Wildman–Crippen LogP) is 4.41. The van der Waals surface area contributed by atoms with E-state index in [4.69, 9.17) is 25.0 Å². The molecule has 3 fully saturated rings. The van der Waals surface area contributed by atoms with Gasteiger partial charge in [0.05, 0.1) is 47.7 Å². The van der Waals surface area contributed by atoms with E-state index >= 15 is 0 Å². The molecule has 0 bridgehead atoms. The molecule has 0 radical (unpaired) electrons. The summed E-state index contributed by atoms with van der Waals surface area (Å²) in [7, 11) is -3.62. The zero-order valence-corrected chi connectivity index (χ0v) is 37.3. The number of benzene rings is 2. The van der Waals surface area contributed by atoms with Crippen LogP contribution in [-0.4, -0.2) is 130 Å². The van der Waals surface area contributed by atoms with Gasteiger partial charge in [0.25, 0.3) is 21.9 Å². The van der Waals surface area contributed by atoms with Crippen LogP contribution >= 0.6 is 22.7 Å². The van der Waals surface area contributed by atoms with E-state index in [1.165, 1.54) is 27.6 Å². The Morgan fingerprint density at radius 2 is 1.27 bits per heavy atom. The van der Waals surface area contributed by atoms with Gasteiger partial charge >= 0.3 is 18.2 Å². The third-order valence-corrected chi connectivity index (χ3v) is 12.4. The van der Waals surface area contributed by atoms with Crippen molar-refractivity contribution < 1.29 is 55.9 Å². The second-order valence-corrected chi connectivity index (χ2v) is 18.5. The zero-order chi connectivity index (χ0) is 46.0. The van der Waals surface area contributed by atoms with Crippen molar-refractivity contribution in [1.29, 1.82) is 10.8 Å². The number of carbonyl (C=O) groups is 5. The van der Waals surface area contributed by atoms with E-state index < -0.39 is 34.0 Å². The second kappa shape index (κ2) is 21.1. The van der Waals surface area contributed by atoms with Gasteiger partial charge in [-0.2, -0.15) is 8.42 Å². The van der Waals surface area contributed by atoms with Crippen molar-refractivity contribution in [1.82, 2.24) is 15.5 Å². The van der Waals surface area contributed by atoms with E-state index in [9.17, 15) is 37.5 Å². The third-order valence-electron chi connectivity index (χ3n) is 10.1. The molecule has 2 unspecified atom stereocenters. The molecule has 5 N–H and O–H groups in total. The number of nitrogens with one attached hydrogen (secondary N) is 4. The Labute approximate surface area is 377 Å². The molecular weight excluding hydrogens is 891 g/mol. The van der Waals surface area contributed by atoms with Crippen LogP contribution in [-0.2, 0) is 33.3 Å². The van der Waals surface area contributed by atoms with Gasteiger partial charge in [-0.3, -0.25) is 44.1 Å². The van der Waals surface area contributed by atoms with Crippen LogP contribution in [0.15, 0.2) is 83.6 Å². The number of hydrogen-bond acceptors (Lipinski definition) is 17. The molecule has 4 aromatic rings. The molecule has 7 rings (SSSR count). The maximum absolute atomic E-state index is 12.5. The van der Waals surface area contributed by atoms with Crippen molar-refractivity contribution in [3.63, 3.8) is 0 Å². The minimum atomic E-state index is -3.62. The predicted molar refractivity (Wildman–Crippen MR) is 238 cm³/mol. The Balaban J connectivity index is 0.000000219. The Bertz CT molecular complexity index is 2420. The number of ether oxygens (including phenoxy) is 3. The first kappa shape index (κ1) is 47.4. The maximum Gasteiger partial charge on any atom is 0.414 e. The number of aliphatic hydroxyl groups is 1. The molecule has 4 amide bonds. The van der Waals surface area contributed by atoms with Gasteiger partial charge in [-0.15, -0.1) is 22.7 Å². The number of esters is 1. The molecule has 5 heterocycles. The summed E-state index contributed by atoms with van der Waals surface area (Å²) in [5.41, 5.74) is 1.11. The van der Waals surface area contributed by atoms with Crippen LogP contribution in [0, 0.1) is 10.8 Å². The minimum Gasteiger partial charge on any atom is -0.466 e. The summed E-state index contributed by atoms with van der Waals surface area (Å²) in [6.07, 6.45) is -0.264. The van der Waals surface area contributed by atoms with Gasteiger partial charge in [-0.05, 0) is 91.2 Å². The van der Waals surface area contributed by atoms with E-state index in [2.05, 4.69) is 19.7 Å². The topological polar surface area (TPSA) is 258 Å². The number of cyclic esters (lactones) is 2. The molecule has 0 spiro atoms. The van der Waals surface area contributed by atoms with E-state index in [0.717, 1.165) is 6.26 Å².